The van der Waals surface area contributed by atoms with Crippen molar-refractivity contribution in [1.82, 2.24) is 0 Å². The van der Waals surface area contributed by atoms with E-state index in [0.717, 1.165) is 10.6 Å². The van der Waals surface area contributed by atoms with Crippen LogP contribution in [0.5, 0.6) is 0 Å². The van der Waals surface area contributed by atoms with E-state index in [4.69, 9.17) is 17.3 Å². The molecule has 1 nitrogen and oxygen atoms in total. The Bertz CT molecular complexity index is 294. The van der Waals surface area contributed by atoms with Crippen LogP contribution in [0.15, 0.2) is 24.3 Å². The van der Waals surface area contributed by atoms with Crippen LogP contribution in [-0.2, 0) is 0 Å². The van der Waals surface area contributed by atoms with Gasteiger partial charge < -0.3 is 5.73 Å². The van der Waals surface area contributed by atoms with Crippen LogP contribution >= 0.6 is 11.6 Å². The van der Waals surface area contributed by atoms with E-state index in [-0.39, 0.29) is 6.04 Å². The molecule has 70 valence electrons. The molecular formula is C11H14ClN. The molecule has 0 bridgehead atoms. The Kier molecular flexibility index (Phi) is 2.56. The summed E-state index contributed by atoms with van der Waals surface area (Å²) in [7, 11) is 0. The monoisotopic (exact) mass is 195 g/mol. The zero-order valence-corrected chi connectivity index (χ0v) is 8.30. The molecule has 2 N–H and O–H groups in total. The second-order valence-electron chi connectivity index (χ2n) is 3.74. The van der Waals surface area contributed by atoms with E-state index in [1.165, 1.54) is 19.3 Å². The van der Waals surface area contributed by atoms with Gasteiger partial charge >= 0.3 is 0 Å². The minimum atomic E-state index is 0.141. The summed E-state index contributed by atoms with van der Waals surface area (Å²) in [6.07, 6.45) is 3.83. The lowest BCUT2D eigenvalue weighted by atomic mass is 9.77. The van der Waals surface area contributed by atoms with Crippen molar-refractivity contribution in [2.75, 3.05) is 0 Å². The summed E-state index contributed by atoms with van der Waals surface area (Å²) >= 11 is 6.06. The maximum Gasteiger partial charge on any atom is 0.0453 e. The molecule has 1 aromatic carbocycles. The van der Waals surface area contributed by atoms with E-state index in [2.05, 4.69) is 0 Å². The van der Waals surface area contributed by atoms with E-state index in [1.807, 2.05) is 24.3 Å². The second-order valence-corrected chi connectivity index (χ2v) is 4.15. The highest BCUT2D eigenvalue weighted by molar-refractivity contribution is 6.31. The zero-order valence-electron chi connectivity index (χ0n) is 7.54. The Morgan fingerprint density at radius 2 is 2.00 bits per heavy atom. The number of halogens is 1. The van der Waals surface area contributed by atoms with E-state index in [0.29, 0.717) is 5.92 Å². The molecule has 1 fully saturated rings. The first kappa shape index (κ1) is 9.04. The van der Waals surface area contributed by atoms with Crippen LogP contribution < -0.4 is 5.73 Å². The molecule has 0 aliphatic heterocycles. The Morgan fingerprint density at radius 3 is 2.54 bits per heavy atom. The van der Waals surface area contributed by atoms with Crippen LogP contribution in [0, 0.1) is 5.92 Å². The maximum absolute atomic E-state index is 6.12. The van der Waals surface area contributed by atoms with E-state index >= 15 is 0 Å². The molecule has 2 rings (SSSR count). The van der Waals surface area contributed by atoms with Gasteiger partial charge in [-0.1, -0.05) is 36.2 Å². The molecule has 0 radical (unpaired) electrons. The molecule has 13 heavy (non-hydrogen) atoms. The third-order valence-corrected chi connectivity index (χ3v) is 3.27. The van der Waals surface area contributed by atoms with Gasteiger partial charge in [-0.3, -0.25) is 0 Å². The van der Waals surface area contributed by atoms with Gasteiger partial charge in [-0.15, -0.1) is 0 Å². The van der Waals surface area contributed by atoms with Crippen LogP contribution in [0.4, 0.5) is 0 Å². The van der Waals surface area contributed by atoms with Crippen molar-refractivity contribution in [3.63, 3.8) is 0 Å². The zero-order chi connectivity index (χ0) is 9.26. The molecule has 0 heterocycles. The van der Waals surface area contributed by atoms with Gasteiger partial charge in [0, 0.05) is 11.1 Å². The van der Waals surface area contributed by atoms with Gasteiger partial charge in [0.25, 0.3) is 0 Å². The predicted molar refractivity (Wildman–Crippen MR) is 55.7 cm³/mol. The lowest BCUT2D eigenvalue weighted by Gasteiger charge is -2.31. The molecule has 0 unspecified atom stereocenters. The number of hydrogen-bond donors (Lipinski definition) is 1. The topological polar surface area (TPSA) is 26.0 Å². The Labute approximate surface area is 83.9 Å². The second kappa shape index (κ2) is 3.69. The highest BCUT2D eigenvalue weighted by atomic mass is 35.5. The molecule has 1 atom stereocenters. The van der Waals surface area contributed by atoms with Crippen molar-refractivity contribution in [3.05, 3.63) is 34.9 Å². The van der Waals surface area contributed by atoms with Crippen molar-refractivity contribution < 1.29 is 0 Å². The standard InChI is InChI=1S/C11H14ClN/c12-10-7-2-1-6-9(10)11(13)8-4-3-5-8/h1-2,6-8,11H,3-5,13H2/t11-/m0/s1. The number of nitrogens with two attached hydrogens (primary N) is 1. The number of rotatable bonds is 2. The lowest BCUT2D eigenvalue weighted by molar-refractivity contribution is 0.264. The normalized spacial score (nSPS) is 19.5. The van der Waals surface area contributed by atoms with Crippen LogP contribution in [0.2, 0.25) is 5.02 Å². The molecule has 2 heteroatoms. The summed E-state index contributed by atoms with van der Waals surface area (Å²) in [5.74, 6) is 0.653. The van der Waals surface area contributed by atoms with Gasteiger partial charge in [0.1, 0.15) is 0 Å². The van der Waals surface area contributed by atoms with Crippen LogP contribution in [0.25, 0.3) is 0 Å². The van der Waals surface area contributed by atoms with E-state index in [1.54, 1.807) is 0 Å². The predicted octanol–water partition coefficient (Wildman–Crippen LogP) is 3.14. The fourth-order valence-electron chi connectivity index (χ4n) is 1.80. The van der Waals surface area contributed by atoms with E-state index < -0.39 is 0 Å². The van der Waals surface area contributed by atoms with E-state index in [9.17, 15) is 0 Å². The Balaban J connectivity index is 2.18. The summed E-state index contributed by atoms with van der Waals surface area (Å²) < 4.78 is 0. The summed E-state index contributed by atoms with van der Waals surface area (Å²) in [5, 5.41) is 0.807. The van der Waals surface area contributed by atoms with Crippen molar-refractivity contribution in [3.8, 4) is 0 Å². The minimum Gasteiger partial charge on any atom is -0.324 e. The fraction of sp³-hybridized carbons (Fsp3) is 0.455. The lowest BCUT2D eigenvalue weighted by Crippen LogP contribution is -2.26. The molecule has 0 spiro atoms. The summed E-state index contributed by atoms with van der Waals surface area (Å²) in [4.78, 5) is 0. The van der Waals surface area contributed by atoms with Gasteiger partial charge in [-0.2, -0.15) is 0 Å². The van der Waals surface area contributed by atoms with Crippen LogP contribution in [0.1, 0.15) is 30.9 Å². The molecule has 1 saturated carbocycles. The Morgan fingerprint density at radius 1 is 1.31 bits per heavy atom. The average Bonchev–Trinajstić information content (AvgIpc) is 2.01. The van der Waals surface area contributed by atoms with Gasteiger partial charge in [-0.25, -0.2) is 0 Å². The average molecular weight is 196 g/mol. The molecule has 0 saturated heterocycles. The number of benzene rings is 1. The molecule has 1 aliphatic rings. The van der Waals surface area contributed by atoms with Crippen molar-refractivity contribution in [2.24, 2.45) is 11.7 Å². The van der Waals surface area contributed by atoms with Gasteiger partial charge in [0.15, 0.2) is 0 Å². The summed E-state index contributed by atoms with van der Waals surface area (Å²) in [6.45, 7) is 0. The number of hydrogen-bond acceptors (Lipinski definition) is 1. The van der Waals surface area contributed by atoms with Crippen LogP contribution in [-0.4, -0.2) is 0 Å². The molecule has 1 aliphatic carbocycles. The van der Waals surface area contributed by atoms with Gasteiger partial charge in [0.2, 0.25) is 0 Å². The smallest absolute Gasteiger partial charge is 0.0453 e. The third-order valence-electron chi connectivity index (χ3n) is 2.92. The van der Waals surface area contributed by atoms with Crippen LogP contribution in [0.3, 0.4) is 0 Å². The molecule has 1 aromatic rings. The van der Waals surface area contributed by atoms with Gasteiger partial charge in [-0.05, 0) is 30.4 Å². The first-order chi connectivity index (χ1) is 6.29. The van der Waals surface area contributed by atoms with Crippen molar-refractivity contribution in [2.45, 2.75) is 25.3 Å². The highest BCUT2D eigenvalue weighted by Crippen LogP contribution is 2.38. The van der Waals surface area contributed by atoms with Crippen molar-refractivity contribution in [1.29, 1.82) is 0 Å². The summed E-state index contributed by atoms with van der Waals surface area (Å²) in [5.41, 5.74) is 7.22. The summed E-state index contributed by atoms with van der Waals surface area (Å²) in [6, 6.07) is 8.03. The Hall–Kier alpha value is -0.530. The first-order valence-electron chi connectivity index (χ1n) is 4.79. The largest absolute Gasteiger partial charge is 0.324 e. The minimum absolute atomic E-state index is 0.141. The molecular weight excluding hydrogens is 182 g/mol. The quantitative estimate of drug-likeness (QED) is 0.771. The van der Waals surface area contributed by atoms with Gasteiger partial charge in [0.05, 0.1) is 0 Å². The highest BCUT2D eigenvalue weighted by Gasteiger charge is 2.26. The fourth-order valence-corrected chi connectivity index (χ4v) is 2.06. The SMILES string of the molecule is N[C@H](c1ccccc1Cl)C1CCC1. The van der Waals surface area contributed by atoms with Crippen molar-refractivity contribution >= 4 is 11.6 Å². The molecule has 0 aromatic heterocycles. The first-order valence-corrected chi connectivity index (χ1v) is 5.17. The third kappa shape index (κ3) is 1.72. The molecule has 0 amide bonds. The maximum atomic E-state index is 6.12.